The molecule has 1 unspecified atom stereocenters. The summed E-state index contributed by atoms with van der Waals surface area (Å²) in [6.45, 7) is -0.102. The van der Waals surface area contributed by atoms with Gasteiger partial charge in [0.25, 0.3) is 0 Å². The average Bonchev–Trinajstić information content (AvgIpc) is 2.59. The minimum Gasteiger partial charge on any atom is -0.489 e. The van der Waals surface area contributed by atoms with Crippen molar-refractivity contribution in [2.24, 2.45) is 0 Å². The smallest absolute Gasteiger partial charge is 0.315 e. The molecule has 2 amide bonds. The van der Waals surface area contributed by atoms with Crippen molar-refractivity contribution >= 4 is 6.03 Å². The Morgan fingerprint density at radius 2 is 1.92 bits per heavy atom. The van der Waals surface area contributed by atoms with E-state index >= 15 is 0 Å². The lowest BCUT2D eigenvalue weighted by atomic mass is 10.1. The Labute approximate surface area is 138 Å². The van der Waals surface area contributed by atoms with Crippen molar-refractivity contribution in [3.63, 3.8) is 0 Å². The number of rotatable bonds is 7. The van der Waals surface area contributed by atoms with Gasteiger partial charge >= 0.3 is 6.03 Å². The van der Waals surface area contributed by atoms with Gasteiger partial charge in [0.05, 0.1) is 19.2 Å². The first-order chi connectivity index (χ1) is 11.6. The summed E-state index contributed by atoms with van der Waals surface area (Å²) < 4.78 is 31.2. The highest BCUT2D eigenvalue weighted by Gasteiger charge is 2.12. The summed E-state index contributed by atoms with van der Waals surface area (Å²) in [4.78, 5) is 11.8. The van der Waals surface area contributed by atoms with Crippen LogP contribution in [0.1, 0.15) is 11.6 Å². The van der Waals surface area contributed by atoms with Gasteiger partial charge in [0.15, 0.2) is 11.6 Å². The number of aliphatic hydroxyl groups excluding tert-OH is 1. The number of nitrogens with one attached hydrogen (secondary N) is 2. The van der Waals surface area contributed by atoms with Crippen LogP contribution in [-0.2, 0) is 0 Å². The third-order valence-corrected chi connectivity index (χ3v) is 3.23. The van der Waals surface area contributed by atoms with Gasteiger partial charge in [-0.2, -0.15) is 0 Å². The van der Waals surface area contributed by atoms with E-state index in [9.17, 15) is 18.7 Å². The third kappa shape index (κ3) is 5.20. The van der Waals surface area contributed by atoms with E-state index in [0.29, 0.717) is 0 Å². The number of hydrogen-bond donors (Lipinski definition) is 3. The molecule has 3 N–H and O–H groups in total. The standard InChI is InChI=1S/C17H18F2N2O3/c18-13-6-7-16(14(19)10-13)24-9-8-20-17(23)21-15(11-22)12-4-2-1-3-5-12/h1-7,10,15,22H,8-9,11H2,(H2,20,21,23). The second-order valence-electron chi connectivity index (χ2n) is 4.97. The van der Waals surface area contributed by atoms with Crippen LogP contribution in [-0.4, -0.2) is 30.9 Å². The first kappa shape index (κ1) is 17.7. The lowest BCUT2D eigenvalue weighted by molar-refractivity contribution is 0.214. The lowest BCUT2D eigenvalue weighted by Crippen LogP contribution is -2.40. The number of benzene rings is 2. The van der Waals surface area contributed by atoms with Crippen molar-refractivity contribution in [2.75, 3.05) is 19.8 Å². The molecular weight excluding hydrogens is 318 g/mol. The number of carbonyl (C=O) groups excluding carboxylic acids is 1. The van der Waals surface area contributed by atoms with Crippen molar-refractivity contribution in [2.45, 2.75) is 6.04 Å². The van der Waals surface area contributed by atoms with Crippen molar-refractivity contribution in [1.82, 2.24) is 10.6 Å². The highest BCUT2D eigenvalue weighted by atomic mass is 19.1. The number of carbonyl (C=O) groups is 1. The minimum absolute atomic E-state index is 0.0189. The van der Waals surface area contributed by atoms with E-state index in [1.54, 1.807) is 12.1 Å². The predicted octanol–water partition coefficient (Wildman–Crippen LogP) is 2.38. The number of halogens is 2. The van der Waals surface area contributed by atoms with Gasteiger partial charge in [0.2, 0.25) is 0 Å². The molecule has 0 aliphatic heterocycles. The fourth-order valence-corrected chi connectivity index (χ4v) is 2.05. The maximum atomic E-state index is 13.3. The molecule has 24 heavy (non-hydrogen) atoms. The molecule has 2 aromatic rings. The van der Waals surface area contributed by atoms with Crippen LogP contribution in [0.3, 0.4) is 0 Å². The fourth-order valence-electron chi connectivity index (χ4n) is 2.05. The van der Waals surface area contributed by atoms with Gasteiger partial charge in [-0.1, -0.05) is 30.3 Å². The van der Waals surface area contributed by atoms with Crippen LogP contribution in [0.2, 0.25) is 0 Å². The molecule has 0 aromatic heterocycles. The Bertz CT molecular complexity index is 668. The van der Waals surface area contributed by atoms with Gasteiger partial charge in [-0.25, -0.2) is 13.6 Å². The molecule has 0 fully saturated rings. The molecule has 2 rings (SSSR count). The molecule has 0 bridgehead atoms. The topological polar surface area (TPSA) is 70.6 Å². The van der Waals surface area contributed by atoms with Crippen molar-refractivity contribution in [3.8, 4) is 5.75 Å². The van der Waals surface area contributed by atoms with E-state index in [4.69, 9.17) is 4.74 Å². The zero-order valence-electron chi connectivity index (χ0n) is 12.8. The van der Waals surface area contributed by atoms with Crippen LogP contribution >= 0.6 is 0 Å². The Kier molecular flexibility index (Phi) is 6.51. The highest BCUT2D eigenvalue weighted by molar-refractivity contribution is 5.74. The molecule has 0 spiro atoms. The van der Waals surface area contributed by atoms with Gasteiger partial charge in [0.1, 0.15) is 12.4 Å². The predicted molar refractivity (Wildman–Crippen MR) is 84.7 cm³/mol. The van der Waals surface area contributed by atoms with Crippen LogP contribution in [0, 0.1) is 11.6 Å². The molecule has 0 saturated carbocycles. The quantitative estimate of drug-likeness (QED) is 0.680. The average molecular weight is 336 g/mol. The first-order valence-corrected chi connectivity index (χ1v) is 7.38. The molecule has 5 nitrogen and oxygen atoms in total. The van der Waals surface area contributed by atoms with Crippen LogP contribution in [0.5, 0.6) is 5.75 Å². The molecule has 0 heterocycles. The zero-order chi connectivity index (χ0) is 17.4. The molecule has 0 aliphatic carbocycles. The first-order valence-electron chi connectivity index (χ1n) is 7.38. The number of hydrogen-bond acceptors (Lipinski definition) is 3. The van der Waals surface area contributed by atoms with Gasteiger partial charge in [0, 0.05) is 6.07 Å². The number of aliphatic hydroxyl groups is 1. The molecule has 0 saturated heterocycles. The fraction of sp³-hybridized carbons (Fsp3) is 0.235. The summed E-state index contributed by atoms with van der Waals surface area (Å²) in [5.41, 5.74) is 0.778. The summed E-state index contributed by atoms with van der Waals surface area (Å²) >= 11 is 0. The molecule has 0 aliphatic rings. The minimum atomic E-state index is -0.802. The lowest BCUT2D eigenvalue weighted by Gasteiger charge is -2.17. The zero-order valence-corrected chi connectivity index (χ0v) is 12.8. The largest absolute Gasteiger partial charge is 0.489 e. The summed E-state index contributed by atoms with van der Waals surface area (Å²) in [6, 6.07) is 11.0. The van der Waals surface area contributed by atoms with Crippen molar-refractivity contribution in [3.05, 3.63) is 65.7 Å². The summed E-state index contributed by atoms with van der Waals surface area (Å²) in [5.74, 6) is -1.58. The number of urea groups is 1. The second-order valence-corrected chi connectivity index (χ2v) is 4.97. The molecule has 7 heteroatoms. The van der Waals surface area contributed by atoms with Gasteiger partial charge in [-0.3, -0.25) is 0 Å². The summed E-state index contributed by atoms with van der Waals surface area (Å²) in [5, 5.41) is 14.5. The van der Waals surface area contributed by atoms with E-state index in [1.807, 2.05) is 18.2 Å². The second kappa shape index (κ2) is 8.83. The molecular formula is C17H18F2N2O3. The molecule has 2 aromatic carbocycles. The maximum Gasteiger partial charge on any atom is 0.315 e. The maximum absolute atomic E-state index is 13.3. The molecule has 1 atom stereocenters. The molecule has 0 radical (unpaired) electrons. The van der Waals surface area contributed by atoms with E-state index in [-0.39, 0.29) is 25.5 Å². The number of ether oxygens (including phenoxy) is 1. The van der Waals surface area contributed by atoms with Gasteiger partial charge < -0.3 is 20.5 Å². The van der Waals surface area contributed by atoms with Crippen molar-refractivity contribution in [1.29, 1.82) is 0 Å². The van der Waals surface area contributed by atoms with E-state index < -0.39 is 23.7 Å². The van der Waals surface area contributed by atoms with Gasteiger partial charge in [-0.15, -0.1) is 0 Å². The van der Waals surface area contributed by atoms with Crippen molar-refractivity contribution < 1.29 is 23.4 Å². The van der Waals surface area contributed by atoms with Crippen LogP contribution < -0.4 is 15.4 Å². The number of amides is 2. The molecule has 128 valence electrons. The Morgan fingerprint density at radius 1 is 1.17 bits per heavy atom. The van der Waals surface area contributed by atoms with E-state index in [1.165, 1.54) is 6.07 Å². The Morgan fingerprint density at radius 3 is 2.58 bits per heavy atom. The van der Waals surface area contributed by atoms with Crippen LogP contribution in [0.25, 0.3) is 0 Å². The monoisotopic (exact) mass is 336 g/mol. The summed E-state index contributed by atoms with van der Waals surface area (Å²) in [6.07, 6.45) is 0. The van der Waals surface area contributed by atoms with E-state index in [0.717, 1.165) is 17.7 Å². The third-order valence-electron chi connectivity index (χ3n) is 3.23. The Hall–Kier alpha value is -2.67. The van der Waals surface area contributed by atoms with Crippen LogP contribution in [0.15, 0.2) is 48.5 Å². The normalized spacial score (nSPS) is 11.6. The highest BCUT2D eigenvalue weighted by Crippen LogP contribution is 2.17. The van der Waals surface area contributed by atoms with Gasteiger partial charge in [-0.05, 0) is 17.7 Å². The summed E-state index contributed by atoms with van der Waals surface area (Å²) in [7, 11) is 0. The Balaban J connectivity index is 1.74. The van der Waals surface area contributed by atoms with Crippen LogP contribution in [0.4, 0.5) is 13.6 Å². The van der Waals surface area contributed by atoms with E-state index in [2.05, 4.69) is 10.6 Å². The SMILES string of the molecule is O=C(NCCOc1ccc(F)cc1F)NC(CO)c1ccccc1.